The third-order valence-corrected chi connectivity index (χ3v) is 4.46. The first-order chi connectivity index (χ1) is 9.08. The number of hydrogen-bond acceptors (Lipinski definition) is 3. The maximum Gasteiger partial charge on any atom is 0.306 e. The highest BCUT2D eigenvalue weighted by Crippen LogP contribution is 2.32. The number of carbonyl (C=O) groups is 2. The zero-order valence-corrected chi connectivity index (χ0v) is 11.7. The third kappa shape index (κ3) is 3.69. The summed E-state index contributed by atoms with van der Waals surface area (Å²) in [5.41, 5.74) is 0. The minimum absolute atomic E-state index is 0.0790. The molecule has 2 fully saturated rings. The molecule has 1 saturated heterocycles. The zero-order chi connectivity index (χ0) is 13.8. The molecule has 19 heavy (non-hydrogen) atoms. The summed E-state index contributed by atoms with van der Waals surface area (Å²) in [5.74, 6) is -1.02. The Bertz CT molecular complexity index is 340. The number of likely N-dealkylation sites (N-methyl/N-ethyl adjacent to an activating group) is 1. The monoisotopic (exact) mass is 268 g/mol. The molecule has 1 saturated carbocycles. The van der Waals surface area contributed by atoms with Crippen LogP contribution in [0.3, 0.4) is 0 Å². The molecular formula is C14H24N2O3. The second-order valence-electron chi connectivity index (χ2n) is 5.85. The van der Waals surface area contributed by atoms with Crippen LogP contribution < -0.4 is 0 Å². The number of carbonyl (C=O) groups excluding carboxylic acids is 1. The van der Waals surface area contributed by atoms with Crippen LogP contribution in [-0.2, 0) is 9.59 Å². The Balaban J connectivity index is 1.74. The fourth-order valence-corrected chi connectivity index (χ4v) is 3.15. The van der Waals surface area contributed by atoms with Gasteiger partial charge < -0.3 is 14.9 Å². The van der Waals surface area contributed by atoms with E-state index in [1.165, 1.54) is 12.8 Å². The lowest BCUT2D eigenvalue weighted by molar-refractivity contribution is -0.141. The van der Waals surface area contributed by atoms with Crippen LogP contribution in [0.25, 0.3) is 0 Å². The van der Waals surface area contributed by atoms with Gasteiger partial charge in [0.2, 0.25) is 5.91 Å². The molecule has 1 N–H and O–H groups in total. The molecule has 1 amide bonds. The standard InChI is InChI=1S/C14H24N2O3/c1-15(8-9-16-6-2-3-7-16)13(17)11-4-5-12(10-11)14(18)19/h11-12H,2-10H2,1H3,(H,18,19). The van der Waals surface area contributed by atoms with Crippen molar-refractivity contribution in [3.8, 4) is 0 Å². The zero-order valence-electron chi connectivity index (χ0n) is 11.7. The molecule has 0 aromatic carbocycles. The van der Waals surface area contributed by atoms with Crippen LogP contribution in [-0.4, -0.2) is 60.0 Å². The van der Waals surface area contributed by atoms with Crippen LogP contribution in [0.2, 0.25) is 0 Å². The molecule has 108 valence electrons. The van der Waals surface area contributed by atoms with E-state index in [9.17, 15) is 9.59 Å². The van der Waals surface area contributed by atoms with Crippen molar-refractivity contribution in [3.63, 3.8) is 0 Å². The van der Waals surface area contributed by atoms with Gasteiger partial charge in [-0.1, -0.05) is 0 Å². The third-order valence-electron chi connectivity index (χ3n) is 4.46. The minimum atomic E-state index is -0.755. The van der Waals surface area contributed by atoms with Gasteiger partial charge in [-0.2, -0.15) is 0 Å². The maximum atomic E-state index is 12.2. The molecule has 2 rings (SSSR count). The number of carboxylic acids is 1. The van der Waals surface area contributed by atoms with Gasteiger partial charge in [0.25, 0.3) is 0 Å². The van der Waals surface area contributed by atoms with Crippen LogP contribution in [0, 0.1) is 11.8 Å². The number of hydrogen-bond donors (Lipinski definition) is 1. The summed E-state index contributed by atoms with van der Waals surface area (Å²) in [5, 5.41) is 8.97. The fraction of sp³-hybridized carbons (Fsp3) is 0.857. The average Bonchev–Trinajstić information content (AvgIpc) is 3.05. The predicted molar refractivity (Wildman–Crippen MR) is 71.8 cm³/mol. The number of carboxylic acid groups (broad SMARTS) is 1. The Hall–Kier alpha value is -1.10. The summed E-state index contributed by atoms with van der Waals surface area (Å²) in [4.78, 5) is 27.3. The van der Waals surface area contributed by atoms with E-state index >= 15 is 0 Å². The predicted octanol–water partition coefficient (Wildman–Crippen LogP) is 1.04. The highest BCUT2D eigenvalue weighted by atomic mass is 16.4. The van der Waals surface area contributed by atoms with E-state index in [4.69, 9.17) is 5.11 Å². The largest absolute Gasteiger partial charge is 0.481 e. The summed E-state index contributed by atoms with van der Waals surface area (Å²) < 4.78 is 0. The summed E-state index contributed by atoms with van der Waals surface area (Å²) >= 11 is 0. The number of aliphatic carboxylic acids is 1. The Kier molecular flexibility index (Phi) is 4.80. The van der Waals surface area contributed by atoms with E-state index in [0.717, 1.165) is 32.6 Å². The smallest absolute Gasteiger partial charge is 0.306 e. The van der Waals surface area contributed by atoms with Crippen molar-refractivity contribution >= 4 is 11.9 Å². The fourth-order valence-electron chi connectivity index (χ4n) is 3.15. The molecule has 2 atom stereocenters. The quantitative estimate of drug-likeness (QED) is 0.809. The van der Waals surface area contributed by atoms with Crippen molar-refractivity contribution in [2.24, 2.45) is 11.8 Å². The molecular weight excluding hydrogens is 244 g/mol. The number of amides is 1. The van der Waals surface area contributed by atoms with Crippen molar-refractivity contribution in [1.82, 2.24) is 9.80 Å². The molecule has 5 heteroatoms. The van der Waals surface area contributed by atoms with Crippen LogP contribution >= 0.6 is 0 Å². The lowest BCUT2D eigenvalue weighted by atomic mass is 10.0. The lowest BCUT2D eigenvalue weighted by Crippen LogP contribution is -2.38. The van der Waals surface area contributed by atoms with Crippen molar-refractivity contribution in [2.75, 3.05) is 33.2 Å². The van der Waals surface area contributed by atoms with Crippen molar-refractivity contribution in [1.29, 1.82) is 0 Å². The first-order valence-corrected chi connectivity index (χ1v) is 7.28. The van der Waals surface area contributed by atoms with E-state index in [0.29, 0.717) is 12.8 Å². The first-order valence-electron chi connectivity index (χ1n) is 7.28. The van der Waals surface area contributed by atoms with E-state index in [2.05, 4.69) is 4.90 Å². The molecule has 1 aliphatic carbocycles. The highest BCUT2D eigenvalue weighted by molar-refractivity contribution is 5.80. The molecule has 0 aromatic rings. The molecule has 5 nitrogen and oxygen atoms in total. The summed E-state index contributed by atoms with van der Waals surface area (Å²) in [6.45, 7) is 3.99. The van der Waals surface area contributed by atoms with Gasteiger partial charge in [0, 0.05) is 26.1 Å². The van der Waals surface area contributed by atoms with E-state index in [-0.39, 0.29) is 17.7 Å². The number of rotatable bonds is 5. The molecule has 0 bridgehead atoms. The van der Waals surface area contributed by atoms with Gasteiger partial charge in [0.05, 0.1) is 5.92 Å². The van der Waals surface area contributed by atoms with Crippen molar-refractivity contribution < 1.29 is 14.7 Å². The maximum absolute atomic E-state index is 12.2. The van der Waals surface area contributed by atoms with Crippen LogP contribution in [0.1, 0.15) is 32.1 Å². The topological polar surface area (TPSA) is 60.9 Å². The normalized spacial score (nSPS) is 27.6. The Morgan fingerprint density at radius 3 is 2.42 bits per heavy atom. The van der Waals surface area contributed by atoms with Gasteiger partial charge in [0.15, 0.2) is 0 Å². The molecule has 0 aromatic heterocycles. The Morgan fingerprint density at radius 2 is 1.84 bits per heavy atom. The Labute approximate surface area is 114 Å². The van der Waals surface area contributed by atoms with Gasteiger partial charge in [-0.25, -0.2) is 0 Å². The SMILES string of the molecule is CN(CCN1CCCC1)C(=O)C1CCC(C(=O)O)C1. The molecule has 0 radical (unpaired) electrons. The first kappa shape index (κ1) is 14.3. The van der Waals surface area contributed by atoms with Gasteiger partial charge >= 0.3 is 5.97 Å². The van der Waals surface area contributed by atoms with E-state index in [1.807, 2.05) is 7.05 Å². The van der Waals surface area contributed by atoms with Crippen LogP contribution in [0.5, 0.6) is 0 Å². The molecule has 1 aliphatic heterocycles. The molecule has 1 heterocycles. The van der Waals surface area contributed by atoms with Crippen molar-refractivity contribution in [2.45, 2.75) is 32.1 Å². The summed E-state index contributed by atoms with van der Waals surface area (Å²) in [7, 11) is 1.84. The lowest BCUT2D eigenvalue weighted by Gasteiger charge is -2.24. The van der Waals surface area contributed by atoms with Gasteiger partial charge in [-0.05, 0) is 45.2 Å². The Morgan fingerprint density at radius 1 is 1.21 bits per heavy atom. The minimum Gasteiger partial charge on any atom is -0.481 e. The second-order valence-corrected chi connectivity index (χ2v) is 5.85. The van der Waals surface area contributed by atoms with E-state index in [1.54, 1.807) is 4.90 Å². The van der Waals surface area contributed by atoms with Gasteiger partial charge in [-0.3, -0.25) is 9.59 Å². The number of likely N-dealkylation sites (tertiary alicyclic amines) is 1. The van der Waals surface area contributed by atoms with Crippen molar-refractivity contribution in [3.05, 3.63) is 0 Å². The van der Waals surface area contributed by atoms with Gasteiger partial charge in [0.1, 0.15) is 0 Å². The van der Waals surface area contributed by atoms with Crippen LogP contribution in [0.4, 0.5) is 0 Å². The highest BCUT2D eigenvalue weighted by Gasteiger charge is 2.35. The van der Waals surface area contributed by atoms with E-state index < -0.39 is 5.97 Å². The second kappa shape index (κ2) is 6.37. The summed E-state index contributed by atoms with van der Waals surface area (Å²) in [6.07, 6.45) is 4.42. The summed E-state index contributed by atoms with van der Waals surface area (Å²) in [6, 6.07) is 0. The van der Waals surface area contributed by atoms with Crippen LogP contribution in [0.15, 0.2) is 0 Å². The number of nitrogens with zero attached hydrogens (tertiary/aromatic N) is 2. The average molecular weight is 268 g/mol. The molecule has 0 spiro atoms. The van der Waals surface area contributed by atoms with Gasteiger partial charge in [-0.15, -0.1) is 0 Å². The molecule has 2 aliphatic rings. The molecule has 2 unspecified atom stereocenters.